The van der Waals surface area contributed by atoms with Gasteiger partial charge < -0.3 is 15.3 Å². The van der Waals surface area contributed by atoms with Gasteiger partial charge in [0.25, 0.3) is 0 Å². The molecule has 17 heavy (non-hydrogen) atoms. The van der Waals surface area contributed by atoms with Crippen molar-refractivity contribution in [2.24, 2.45) is 0 Å². The highest BCUT2D eigenvalue weighted by molar-refractivity contribution is 8.14. The molecule has 1 heterocycles. The molecule has 2 fully saturated rings. The zero-order chi connectivity index (χ0) is 12.4. The summed E-state index contributed by atoms with van der Waals surface area (Å²) in [5, 5.41) is 12.1. The van der Waals surface area contributed by atoms with Crippen LogP contribution in [0.1, 0.15) is 19.8 Å². The molecule has 4 atom stereocenters. The van der Waals surface area contributed by atoms with E-state index in [0.29, 0.717) is 19.4 Å². The van der Waals surface area contributed by atoms with Crippen LogP contribution in [0.2, 0.25) is 0 Å². The Bertz CT molecular complexity index is 319. The summed E-state index contributed by atoms with van der Waals surface area (Å²) in [6.45, 7) is 1.98. The Morgan fingerprint density at radius 1 is 1.53 bits per heavy atom. The molecule has 96 valence electrons. The van der Waals surface area contributed by atoms with Gasteiger partial charge in [0.2, 0.25) is 5.91 Å². The van der Waals surface area contributed by atoms with Crippen molar-refractivity contribution in [2.45, 2.75) is 43.2 Å². The van der Waals surface area contributed by atoms with Crippen molar-refractivity contribution in [3.05, 3.63) is 0 Å². The van der Waals surface area contributed by atoms with Gasteiger partial charge in [-0.2, -0.15) is 5.48 Å². The summed E-state index contributed by atoms with van der Waals surface area (Å²) in [6, 6.07) is -0.454. The van der Waals surface area contributed by atoms with E-state index in [0.717, 1.165) is 11.8 Å². The number of aliphatic hydroxyl groups excluding tert-OH is 1. The van der Waals surface area contributed by atoms with Crippen molar-refractivity contribution in [1.29, 1.82) is 0 Å². The number of carbonyl (C=O) groups excluding carboxylic acids is 2. The molecule has 2 aliphatic rings. The second-order valence-electron chi connectivity index (χ2n) is 4.30. The summed E-state index contributed by atoms with van der Waals surface area (Å²) in [5.41, 5.74) is 2.63. The van der Waals surface area contributed by atoms with Crippen LogP contribution in [0.3, 0.4) is 0 Å². The van der Waals surface area contributed by atoms with Crippen molar-refractivity contribution < 1.29 is 19.5 Å². The molecule has 0 aromatic rings. The number of hydroxylamine groups is 1. The average Bonchev–Trinajstić information content (AvgIpc) is 2.78. The Morgan fingerprint density at radius 2 is 2.29 bits per heavy atom. The van der Waals surface area contributed by atoms with Gasteiger partial charge in [0, 0.05) is 13.0 Å². The van der Waals surface area contributed by atoms with Gasteiger partial charge in [0.05, 0.1) is 18.0 Å². The molecule has 1 aliphatic carbocycles. The first-order chi connectivity index (χ1) is 8.08. The molecular formula is C10H16N2O4S. The molecule has 0 aromatic carbocycles. The summed E-state index contributed by atoms with van der Waals surface area (Å²) >= 11 is 1.09. The second-order valence-corrected chi connectivity index (χ2v) is 5.65. The van der Waals surface area contributed by atoms with E-state index in [1.165, 1.54) is 6.92 Å². The molecule has 3 unspecified atom stereocenters. The Morgan fingerprint density at radius 3 is 2.82 bits per heavy atom. The summed E-state index contributed by atoms with van der Waals surface area (Å²) in [5.74, 6) is -0.131. The van der Waals surface area contributed by atoms with Gasteiger partial charge in [0.1, 0.15) is 6.04 Å². The minimum Gasteiger partial charge on any atom is -0.392 e. The van der Waals surface area contributed by atoms with E-state index in [1.807, 2.05) is 0 Å². The molecule has 3 N–H and O–H groups in total. The van der Waals surface area contributed by atoms with Crippen LogP contribution in [0.5, 0.6) is 0 Å². The first kappa shape index (κ1) is 12.8. The monoisotopic (exact) mass is 260 g/mol. The van der Waals surface area contributed by atoms with E-state index < -0.39 is 6.10 Å². The van der Waals surface area contributed by atoms with Crippen LogP contribution in [-0.4, -0.2) is 46.2 Å². The standard InChI is InChI=1S/C10H16N2O4S/c1-5(13)17-9-7(4-8(9)14)11-10(15)6-2-3-16-12-6/h6-9,12,14H,2-4H2,1H3,(H,11,15)/t6-,7?,8?,9?/m0/s1. The third kappa shape index (κ3) is 2.98. The number of aliphatic hydroxyl groups is 1. The quantitative estimate of drug-likeness (QED) is 0.614. The fraction of sp³-hybridized carbons (Fsp3) is 0.800. The van der Waals surface area contributed by atoms with Crippen LogP contribution in [-0.2, 0) is 14.4 Å². The molecule has 0 spiro atoms. The fourth-order valence-corrected chi connectivity index (χ4v) is 2.95. The van der Waals surface area contributed by atoms with Gasteiger partial charge in [-0.15, -0.1) is 0 Å². The number of amides is 1. The molecule has 0 radical (unpaired) electrons. The highest BCUT2D eigenvalue weighted by atomic mass is 32.2. The van der Waals surface area contributed by atoms with Gasteiger partial charge in [-0.05, 0) is 12.8 Å². The molecule has 6 nitrogen and oxygen atoms in total. The van der Waals surface area contributed by atoms with Crippen LogP contribution in [0.15, 0.2) is 0 Å². The van der Waals surface area contributed by atoms with Crippen LogP contribution in [0.25, 0.3) is 0 Å². The summed E-state index contributed by atoms with van der Waals surface area (Å²) in [7, 11) is 0. The summed E-state index contributed by atoms with van der Waals surface area (Å²) in [6.07, 6.45) is 0.637. The molecule has 2 rings (SSSR count). The Labute approximate surface area is 103 Å². The molecule has 1 aliphatic heterocycles. The van der Waals surface area contributed by atoms with Gasteiger partial charge >= 0.3 is 0 Å². The number of thioether (sulfide) groups is 1. The Kier molecular flexibility index (Phi) is 4.03. The normalized spacial score (nSPS) is 36.4. The van der Waals surface area contributed by atoms with E-state index in [4.69, 9.17) is 4.84 Å². The SMILES string of the molecule is CC(=O)SC1C(O)CC1NC(=O)[C@@H]1CCON1. The number of hydrogen-bond donors (Lipinski definition) is 3. The third-order valence-electron chi connectivity index (χ3n) is 2.95. The fourth-order valence-electron chi connectivity index (χ4n) is 1.96. The maximum atomic E-state index is 11.8. The van der Waals surface area contributed by atoms with E-state index in [9.17, 15) is 14.7 Å². The summed E-state index contributed by atoms with van der Waals surface area (Å²) < 4.78 is 0. The van der Waals surface area contributed by atoms with E-state index in [2.05, 4.69) is 10.8 Å². The highest BCUT2D eigenvalue weighted by Crippen LogP contribution is 2.32. The number of hydrogen-bond acceptors (Lipinski definition) is 6. The zero-order valence-corrected chi connectivity index (χ0v) is 10.3. The van der Waals surface area contributed by atoms with E-state index in [-0.39, 0.29) is 28.4 Å². The van der Waals surface area contributed by atoms with Gasteiger partial charge in [-0.25, -0.2) is 0 Å². The van der Waals surface area contributed by atoms with Crippen molar-refractivity contribution >= 4 is 22.8 Å². The predicted molar refractivity (Wildman–Crippen MR) is 62.1 cm³/mol. The topological polar surface area (TPSA) is 87.7 Å². The maximum absolute atomic E-state index is 11.8. The van der Waals surface area contributed by atoms with Crippen LogP contribution in [0.4, 0.5) is 0 Å². The number of rotatable bonds is 3. The lowest BCUT2D eigenvalue weighted by Crippen LogP contribution is -2.60. The first-order valence-corrected chi connectivity index (χ1v) is 6.49. The molecule has 0 aromatic heterocycles. The van der Waals surface area contributed by atoms with Crippen molar-refractivity contribution in [1.82, 2.24) is 10.8 Å². The molecular weight excluding hydrogens is 244 g/mol. The van der Waals surface area contributed by atoms with E-state index in [1.54, 1.807) is 0 Å². The molecule has 7 heteroatoms. The lowest BCUT2D eigenvalue weighted by atomic mass is 9.88. The molecule has 1 saturated carbocycles. The van der Waals surface area contributed by atoms with Gasteiger partial charge in [-0.3, -0.25) is 9.59 Å². The highest BCUT2D eigenvalue weighted by Gasteiger charge is 2.43. The van der Waals surface area contributed by atoms with E-state index >= 15 is 0 Å². The Balaban J connectivity index is 1.82. The largest absolute Gasteiger partial charge is 0.392 e. The average molecular weight is 260 g/mol. The predicted octanol–water partition coefficient (Wildman–Crippen LogP) is -0.822. The van der Waals surface area contributed by atoms with Gasteiger partial charge in [0.15, 0.2) is 5.12 Å². The lowest BCUT2D eigenvalue weighted by Gasteiger charge is -2.41. The van der Waals surface area contributed by atoms with Crippen LogP contribution < -0.4 is 10.8 Å². The lowest BCUT2D eigenvalue weighted by molar-refractivity contribution is -0.126. The minimum atomic E-state index is -0.512. The minimum absolute atomic E-state index is 0.0460. The van der Waals surface area contributed by atoms with Crippen LogP contribution >= 0.6 is 11.8 Å². The first-order valence-electron chi connectivity index (χ1n) is 5.61. The number of carbonyl (C=O) groups is 2. The summed E-state index contributed by atoms with van der Waals surface area (Å²) in [4.78, 5) is 27.6. The number of nitrogens with one attached hydrogen (secondary N) is 2. The van der Waals surface area contributed by atoms with Crippen molar-refractivity contribution in [3.8, 4) is 0 Å². The molecule has 1 amide bonds. The van der Waals surface area contributed by atoms with Crippen LogP contribution in [0, 0.1) is 0 Å². The van der Waals surface area contributed by atoms with Crippen molar-refractivity contribution in [3.63, 3.8) is 0 Å². The van der Waals surface area contributed by atoms with Gasteiger partial charge in [-0.1, -0.05) is 11.8 Å². The molecule has 1 saturated heterocycles. The third-order valence-corrected chi connectivity index (χ3v) is 4.20. The maximum Gasteiger partial charge on any atom is 0.239 e. The Hall–Kier alpha value is -0.630. The zero-order valence-electron chi connectivity index (χ0n) is 9.51. The van der Waals surface area contributed by atoms with Crippen molar-refractivity contribution in [2.75, 3.05) is 6.61 Å². The molecule has 0 bridgehead atoms. The second kappa shape index (κ2) is 5.34. The smallest absolute Gasteiger partial charge is 0.239 e.